The van der Waals surface area contributed by atoms with Gasteiger partial charge >= 0.3 is 0 Å². The number of fused-ring (bicyclic) bond motifs is 1. The molecular weight excluding hydrogens is 360 g/mol. The van der Waals surface area contributed by atoms with E-state index in [1.165, 1.54) is 4.88 Å². The fourth-order valence-corrected chi connectivity index (χ4v) is 4.50. The number of thiophene rings is 1. The highest BCUT2D eigenvalue weighted by Crippen LogP contribution is 2.29. The van der Waals surface area contributed by atoms with E-state index in [1.54, 1.807) is 18.4 Å². The number of benzene rings is 1. The summed E-state index contributed by atoms with van der Waals surface area (Å²) in [5.41, 5.74) is 2.94. The van der Waals surface area contributed by atoms with E-state index in [9.17, 15) is 4.79 Å². The predicted octanol–water partition coefficient (Wildman–Crippen LogP) is 3.98. The number of ether oxygens (including phenoxy) is 2. The summed E-state index contributed by atoms with van der Waals surface area (Å²) in [6.07, 6.45) is 2.23. The Labute approximate surface area is 162 Å². The highest BCUT2D eigenvalue weighted by Gasteiger charge is 2.20. The lowest BCUT2D eigenvalue weighted by atomic mass is 10.2. The predicted molar refractivity (Wildman–Crippen MR) is 108 cm³/mol. The van der Waals surface area contributed by atoms with Crippen LogP contribution < -0.4 is 10.1 Å². The number of carbonyl (C=O) groups excluding carboxylic acids is 1. The van der Waals surface area contributed by atoms with Gasteiger partial charge in [0.05, 0.1) is 23.4 Å². The average molecular weight is 385 g/mol. The highest BCUT2D eigenvalue weighted by atomic mass is 32.1. The summed E-state index contributed by atoms with van der Waals surface area (Å²) in [6.45, 7) is 4.11. The van der Waals surface area contributed by atoms with E-state index in [1.807, 2.05) is 30.3 Å². The maximum Gasteiger partial charge on any atom is 0.268 e. The third kappa shape index (κ3) is 3.87. The van der Waals surface area contributed by atoms with E-state index in [0.717, 1.165) is 41.0 Å². The Hall–Kier alpha value is -2.31. The van der Waals surface area contributed by atoms with Crippen LogP contribution >= 0.6 is 11.3 Å². The molecule has 1 fully saturated rings. The van der Waals surface area contributed by atoms with Gasteiger partial charge in [0.25, 0.3) is 5.91 Å². The van der Waals surface area contributed by atoms with Gasteiger partial charge in [-0.1, -0.05) is 12.1 Å². The first kappa shape index (κ1) is 18.1. The number of aromatic nitrogens is 1. The minimum Gasteiger partial charge on any atom is -0.497 e. The molecule has 1 saturated heterocycles. The molecule has 0 spiro atoms. The van der Waals surface area contributed by atoms with Crippen molar-refractivity contribution in [2.75, 3.05) is 20.3 Å². The fourth-order valence-electron chi connectivity index (χ4n) is 3.54. The largest absolute Gasteiger partial charge is 0.497 e. The normalized spacial score (nSPS) is 16.7. The molecule has 1 aliphatic rings. The Balaban J connectivity index is 1.60. The SMILES string of the molecule is COc1ccc(Cn2c(C(=O)NC[C@@H]3CCCO3)cc3sc(C)cc32)cc1. The Morgan fingerprint density at radius 2 is 2.15 bits per heavy atom. The standard InChI is InChI=1S/C21H24N2O3S/c1-14-10-18-20(27-14)11-19(21(24)22-12-17-4-3-9-26-17)23(18)13-15-5-7-16(25-2)8-6-15/h5-8,10-11,17H,3-4,9,12-13H2,1-2H3,(H,22,24)/t17-/m0/s1. The van der Waals surface area contributed by atoms with Crippen molar-refractivity contribution in [2.24, 2.45) is 0 Å². The smallest absolute Gasteiger partial charge is 0.268 e. The van der Waals surface area contributed by atoms with Gasteiger partial charge in [-0.05, 0) is 49.6 Å². The molecule has 142 valence electrons. The van der Waals surface area contributed by atoms with Crippen LogP contribution in [0.3, 0.4) is 0 Å². The first-order valence-corrected chi connectivity index (χ1v) is 10.1. The first-order chi connectivity index (χ1) is 13.1. The van der Waals surface area contributed by atoms with E-state index < -0.39 is 0 Å². The molecule has 0 aliphatic carbocycles. The van der Waals surface area contributed by atoms with Crippen LogP contribution in [0.1, 0.15) is 33.8 Å². The second kappa shape index (κ2) is 7.74. The lowest BCUT2D eigenvalue weighted by molar-refractivity contribution is 0.0851. The molecule has 0 radical (unpaired) electrons. The molecule has 6 heteroatoms. The van der Waals surface area contributed by atoms with E-state index in [-0.39, 0.29) is 12.0 Å². The molecule has 1 aromatic carbocycles. The number of rotatable bonds is 6. The molecule has 4 rings (SSSR count). The lowest BCUT2D eigenvalue weighted by Crippen LogP contribution is -2.33. The Bertz CT molecular complexity index is 936. The summed E-state index contributed by atoms with van der Waals surface area (Å²) in [7, 11) is 1.66. The number of nitrogens with one attached hydrogen (secondary N) is 1. The number of aryl methyl sites for hydroxylation is 1. The summed E-state index contributed by atoms with van der Waals surface area (Å²) >= 11 is 1.72. The van der Waals surface area contributed by atoms with Crippen molar-refractivity contribution in [3.8, 4) is 5.75 Å². The number of hydrogen-bond donors (Lipinski definition) is 1. The molecule has 1 amide bonds. The first-order valence-electron chi connectivity index (χ1n) is 9.26. The monoisotopic (exact) mass is 384 g/mol. The number of nitrogens with zero attached hydrogens (tertiary/aromatic N) is 1. The molecule has 3 aromatic rings. The third-order valence-electron chi connectivity index (χ3n) is 4.96. The summed E-state index contributed by atoms with van der Waals surface area (Å²) in [6, 6.07) is 12.1. The van der Waals surface area contributed by atoms with Crippen LogP contribution in [0.25, 0.3) is 10.2 Å². The number of carbonyl (C=O) groups is 1. The molecule has 1 N–H and O–H groups in total. The molecule has 1 aliphatic heterocycles. The minimum absolute atomic E-state index is 0.0416. The van der Waals surface area contributed by atoms with E-state index >= 15 is 0 Å². The molecular formula is C21H24N2O3S. The summed E-state index contributed by atoms with van der Waals surface area (Å²) < 4.78 is 14.1. The average Bonchev–Trinajstić information content (AvgIpc) is 3.38. The lowest BCUT2D eigenvalue weighted by Gasteiger charge is -2.13. The number of hydrogen-bond acceptors (Lipinski definition) is 4. The van der Waals surface area contributed by atoms with Crippen molar-refractivity contribution < 1.29 is 14.3 Å². The van der Waals surface area contributed by atoms with Gasteiger partial charge in [0.15, 0.2) is 0 Å². The fraction of sp³-hybridized carbons (Fsp3) is 0.381. The second-order valence-corrected chi connectivity index (χ2v) is 8.20. The van der Waals surface area contributed by atoms with Gasteiger partial charge in [0, 0.05) is 24.6 Å². The molecule has 0 unspecified atom stereocenters. The van der Waals surface area contributed by atoms with E-state index in [2.05, 4.69) is 22.9 Å². The topological polar surface area (TPSA) is 52.5 Å². The Kier molecular flexibility index (Phi) is 5.18. The van der Waals surface area contributed by atoms with Gasteiger partial charge in [-0.15, -0.1) is 11.3 Å². The number of amides is 1. The minimum atomic E-state index is -0.0416. The van der Waals surface area contributed by atoms with Gasteiger partial charge in [-0.3, -0.25) is 4.79 Å². The summed E-state index contributed by atoms with van der Waals surface area (Å²) in [4.78, 5) is 14.1. The van der Waals surface area contributed by atoms with Crippen molar-refractivity contribution in [3.05, 3.63) is 52.5 Å². The van der Waals surface area contributed by atoms with Crippen LogP contribution in [0, 0.1) is 6.92 Å². The second-order valence-electron chi connectivity index (χ2n) is 6.92. The highest BCUT2D eigenvalue weighted by molar-refractivity contribution is 7.19. The van der Waals surface area contributed by atoms with Crippen molar-refractivity contribution in [1.82, 2.24) is 9.88 Å². The van der Waals surface area contributed by atoms with Crippen molar-refractivity contribution in [2.45, 2.75) is 32.4 Å². The van der Waals surface area contributed by atoms with Gasteiger partial charge in [0.1, 0.15) is 11.4 Å². The van der Waals surface area contributed by atoms with Crippen LogP contribution in [-0.4, -0.2) is 36.8 Å². The van der Waals surface area contributed by atoms with Crippen LogP contribution in [0.15, 0.2) is 36.4 Å². The van der Waals surface area contributed by atoms with Crippen LogP contribution in [0.2, 0.25) is 0 Å². The van der Waals surface area contributed by atoms with Crippen molar-refractivity contribution in [3.63, 3.8) is 0 Å². The molecule has 27 heavy (non-hydrogen) atoms. The molecule has 5 nitrogen and oxygen atoms in total. The van der Waals surface area contributed by atoms with Gasteiger partial charge in [-0.2, -0.15) is 0 Å². The maximum atomic E-state index is 12.9. The summed E-state index contributed by atoms with van der Waals surface area (Å²) in [5, 5.41) is 3.05. The molecule has 0 bridgehead atoms. The van der Waals surface area contributed by atoms with Crippen molar-refractivity contribution in [1.29, 1.82) is 0 Å². The van der Waals surface area contributed by atoms with Crippen molar-refractivity contribution >= 4 is 27.5 Å². The zero-order valence-electron chi connectivity index (χ0n) is 15.7. The third-order valence-corrected chi connectivity index (χ3v) is 5.95. The van der Waals surface area contributed by atoms with Gasteiger partial charge in [-0.25, -0.2) is 0 Å². The quantitative estimate of drug-likeness (QED) is 0.699. The number of methoxy groups -OCH3 is 1. The van der Waals surface area contributed by atoms with Crippen LogP contribution in [0.4, 0.5) is 0 Å². The zero-order chi connectivity index (χ0) is 18.8. The molecule has 0 saturated carbocycles. The summed E-state index contributed by atoms with van der Waals surface area (Å²) in [5.74, 6) is 0.789. The van der Waals surface area contributed by atoms with Crippen LogP contribution in [-0.2, 0) is 11.3 Å². The van der Waals surface area contributed by atoms with E-state index in [0.29, 0.717) is 18.8 Å². The van der Waals surface area contributed by atoms with Gasteiger partial charge < -0.3 is 19.4 Å². The molecule has 3 heterocycles. The molecule has 2 aromatic heterocycles. The zero-order valence-corrected chi connectivity index (χ0v) is 16.5. The van der Waals surface area contributed by atoms with Crippen LogP contribution in [0.5, 0.6) is 5.75 Å². The molecule has 1 atom stereocenters. The van der Waals surface area contributed by atoms with Gasteiger partial charge in [0.2, 0.25) is 0 Å². The Morgan fingerprint density at radius 1 is 1.33 bits per heavy atom. The Morgan fingerprint density at radius 3 is 2.85 bits per heavy atom. The van der Waals surface area contributed by atoms with E-state index in [4.69, 9.17) is 9.47 Å². The maximum absolute atomic E-state index is 12.9.